The standard InChI is InChI=1S/C16H14ClFN2O/c1-20(2)10-12-7-14(5-6-15(12)18)21-16-8-13(17)4-3-11(16)9-19/h3-8H,10H2,1-2H3. The van der Waals surface area contributed by atoms with E-state index in [0.717, 1.165) is 0 Å². The molecule has 5 heteroatoms. The zero-order chi connectivity index (χ0) is 15.4. The van der Waals surface area contributed by atoms with Gasteiger partial charge >= 0.3 is 0 Å². The quantitative estimate of drug-likeness (QED) is 0.849. The molecule has 0 radical (unpaired) electrons. The Hall–Kier alpha value is -2.09. The Morgan fingerprint density at radius 1 is 1.24 bits per heavy atom. The van der Waals surface area contributed by atoms with E-state index in [2.05, 4.69) is 0 Å². The molecule has 0 heterocycles. The van der Waals surface area contributed by atoms with Crippen molar-refractivity contribution in [1.29, 1.82) is 5.26 Å². The number of benzene rings is 2. The lowest BCUT2D eigenvalue weighted by atomic mass is 10.2. The Kier molecular flexibility index (Phi) is 4.79. The number of nitriles is 1. The van der Waals surface area contributed by atoms with E-state index in [1.165, 1.54) is 12.1 Å². The van der Waals surface area contributed by atoms with Gasteiger partial charge in [0.25, 0.3) is 0 Å². The molecule has 0 atom stereocenters. The van der Waals surface area contributed by atoms with Gasteiger partial charge in [-0.25, -0.2) is 4.39 Å². The predicted octanol–water partition coefficient (Wildman–Crippen LogP) is 4.20. The lowest BCUT2D eigenvalue weighted by molar-refractivity contribution is 0.390. The second kappa shape index (κ2) is 6.57. The summed E-state index contributed by atoms with van der Waals surface area (Å²) in [6.45, 7) is 0.462. The number of hydrogen-bond donors (Lipinski definition) is 0. The summed E-state index contributed by atoms with van der Waals surface area (Å²) in [7, 11) is 3.72. The number of hydrogen-bond acceptors (Lipinski definition) is 3. The smallest absolute Gasteiger partial charge is 0.146 e. The van der Waals surface area contributed by atoms with Crippen LogP contribution < -0.4 is 4.74 Å². The topological polar surface area (TPSA) is 36.3 Å². The first-order chi connectivity index (χ1) is 9.99. The minimum Gasteiger partial charge on any atom is -0.456 e. The fourth-order valence-corrected chi connectivity index (χ4v) is 2.04. The first kappa shape index (κ1) is 15.3. The average molecular weight is 305 g/mol. The summed E-state index contributed by atoms with van der Waals surface area (Å²) < 4.78 is 19.4. The molecule has 0 saturated heterocycles. The highest BCUT2D eigenvalue weighted by Crippen LogP contribution is 2.29. The molecule has 2 rings (SSSR count). The first-order valence-corrected chi connectivity index (χ1v) is 6.68. The van der Waals surface area contributed by atoms with Gasteiger partial charge in [-0.05, 0) is 44.4 Å². The van der Waals surface area contributed by atoms with Crippen molar-refractivity contribution in [3.05, 3.63) is 58.4 Å². The molecule has 2 aromatic carbocycles. The third-order valence-electron chi connectivity index (χ3n) is 2.80. The molecule has 0 aliphatic carbocycles. The summed E-state index contributed by atoms with van der Waals surface area (Å²) in [6, 6.07) is 11.3. The second-order valence-corrected chi connectivity index (χ2v) is 5.28. The molecular weight excluding hydrogens is 291 g/mol. The van der Waals surface area contributed by atoms with Crippen LogP contribution >= 0.6 is 11.6 Å². The van der Waals surface area contributed by atoms with Gasteiger partial charge in [-0.15, -0.1) is 0 Å². The third-order valence-corrected chi connectivity index (χ3v) is 3.03. The number of ether oxygens (including phenoxy) is 1. The Labute approximate surface area is 128 Å². The van der Waals surface area contributed by atoms with Crippen LogP contribution in [0, 0.1) is 17.1 Å². The molecular formula is C16H14ClFN2O. The fourth-order valence-electron chi connectivity index (χ4n) is 1.88. The van der Waals surface area contributed by atoms with E-state index in [0.29, 0.717) is 34.2 Å². The van der Waals surface area contributed by atoms with Gasteiger partial charge < -0.3 is 9.64 Å². The monoisotopic (exact) mass is 304 g/mol. The van der Waals surface area contributed by atoms with Gasteiger partial charge in [0.05, 0.1) is 5.56 Å². The van der Waals surface area contributed by atoms with Crippen LogP contribution in [0.4, 0.5) is 4.39 Å². The van der Waals surface area contributed by atoms with Crippen molar-refractivity contribution in [2.24, 2.45) is 0 Å². The van der Waals surface area contributed by atoms with Gasteiger partial charge in [-0.1, -0.05) is 11.6 Å². The summed E-state index contributed by atoms with van der Waals surface area (Å²) in [6.07, 6.45) is 0. The first-order valence-electron chi connectivity index (χ1n) is 6.30. The van der Waals surface area contributed by atoms with Crippen molar-refractivity contribution in [2.75, 3.05) is 14.1 Å². The molecule has 0 saturated carbocycles. The molecule has 0 amide bonds. The van der Waals surface area contributed by atoms with Gasteiger partial charge in [0.15, 0.2) is 0 Å². The average Bonchev–Trinajstić information content (AvgIpc) is 2.42. The van der Waals surface area contributed by atoms with Crippen molar-refractivity contribution in [1.82, 2.24) is 4.90 Å². The minimum absolute atomic E-state index is 0.289. The van der Waals surface area contributed by atoms with Crippen molar-refractivity contribution >= 4 is 11.6 Å². The third kappa shape index (κ3) is 3.94. The van der Waals surface area contributed by atoms with E-state index >= 15 is 0 Å². The Morgan fingerprint density at radius 2 is 2.00 bits per heavy atom. The Morgan fingerprint density at radius 3 is 2.67 bits per heavy atom. The van der Waals surface area contributed by atoms with Crippen LogP contribution in [0.5, 0.6) is 11.5 Å². The van der Waals surface area contributed by atoms with Crippen molar-refractivity contribution < 1.29 is 9.13 Å². The summed E-state index contributed by atoms with van der Waals surface area (Å²) >= 11 is 5.91. The van der Waals surface area contributed by atoms with E-state index in [-0.39, 0.29) is 5.82 Å². The molecule has 0 unspecified atom stereocenters. The zero-order valence-corrected chi connectivity index (χ0v) is 12.5. The molecule has 2 aromatic rings. The van der Waals surface area contributed by atoms with Crippen molar-refractivity contribution in [3.63, 3.8) is 0 Å². The van der Waals surface area contributed by atoms with Crippen LogP contribution in [-0.4, -0.2) is 19.0 Å². The van der Waals surface area contributed by atoms with E-state index in [9.17, 15) is 4.39 Å². The molecule has 108 valence electrons. The fraction of sp³-hybridized carbons (Fsp3) is 0.188. The Bertz CT molecular complexity index is 695. The van der Waals surface area contributed by atoms with Gasteiger partial charge in [0.1, 0.15) is 23.4 Å². The van der Waals surface area contributed by atoms with Gasteiger partial charge in [-0.3, -0.25) is 0 Å². The van der Waals surface area contributed by atoms with Crippen LogP contribution in [0.2, 0.25) is 5.02 Å². The van der Waals surface area contributed by atoms with Gasteiger partial charge in [-0.2, -0.15) is 5.26 Å². The maximum Gasteiger partial charge on any atom is 0.146 e. The highest BCUT2D eigenvalue weighted by molar-refractivity contribution is 6.30. The minimum atomic E-state index is -0.289. The van der Waals surface area contributed by atoms with Gasteiger partial charge in [0.2, 0.25) is 0 Å². The molecule has 3 nitrogen and oxygen atoms in total. The molecule has 0 aliphatic heterocycles. The van der Waals surface area contributed by atoms with Crippen LogP contribution in [0.1, 0.15) is 11.1 Å². The van der Waals surface area contributed by atoms with Crippen LogP contribution in [0.15, 0.2) is 36.4 Å². The zero-order valence-electron chi connectivity index (χ0n) is 11.7. The summed E-state index contributed by atoms with van der Waals surface area (Å²) in [5, 5.41) is 9.54. The van der Waals surface area contributed by atoms with Crippen LogP contribution in [0.3, 0.4) is 0 Å². The lowest BCUT2D eigenvalue weighted by Gasteiger charge is -2.13. The molecule has 0 bridgehead atoms. The highest BCUT2D eigenvalue weighted by atomic mass is 35.5. The SMILES string of the molecule is CN(C)Cc1cc(Oc2cc(Cl)ccc2C#N)ccc1F. The highest BCUT2D eigenvalue weighted by Gasteiger charge is 2.09. The molecule has 0 N–H and O–H groups in total. The van der Waals surface area contributed by atoms with Crippen molar-refractivity contribution in [2.45, 2.75) is 6.54 Å². The summed E-state index contributed by atoms with van der Waals surface area (Å²) in [4.78, 5) is 1.86. The molecule has 0 spiro atoms. The van der Waals surface area contributed by atoms with Crippen LogP contribution in [-0.2, 0) is 6.54 Å². The lowest BCUT2D eigenvalue weighted by Crippen LogP contribution is -2.11. The summed E-state index contributed by atoms with van der Waals surface area (Å²) in [5.74, 6) is 0.530. The summed E-state index contributed by atoms with van der Waals surface area (Å²) in [5.41, 5.74) is 0.899. The molecule has 21 heavy (non-hydrogen) atoms. The predicted molar refractivity (Wildman–Crippen MR) is 80.0 cm³/mol. The normalized spacial score (nSPS) is 10.5. The maximum absolute atomic E-state index is 13.7. The van der Waals surface area contributed by atoms with Gasteiger partial charge in [0, 0.05) is 23.2 Å². The molecule has 0 fully saturated rings. The van der Waals surface area contributed by atoms with Crippen molar-refractivity contribution in [3.8, 4) is 17.6 Å². The van der Waals surface area contributed by atoms with E-state index in [1.54, 1.807) is 24.3 Å². The maximum atomic E-state index is 13.7. The number of nitrogens with zero attached hydrogens (tertiary/aromatic N) is 2. The van der Waals surface area contributed by atoms with E-state index in [4.69, 9.17) is 21.6 Å². The molecule has 0 aromatic heterocycles. The number of rotatable bonds is 4. The van der Waals surface area contributed by atoms with Crippen LogP contribution in [0.25, 0.3) is 0 Å². The van der Waals surface area contributed by atoms with E-state index < -0.39 is 0 Å². The largest absolute Gasteiger partial charge is 0.456 e. The second-order valence-electron chi connectivity index (χ2n) is 4.85. The number of halogens is 2. The Balaban J connectivity index is 2.32. The van der Waals surface area contributed by atoms with E-state index in [1.807, 2.05) is 25.1 Å². The molecule has 0 aliphatic rings.